The molecule has 8 heteroatoms. The Morgan fingerprint density at radius 1 is 1.19 bits per heavy atom. The van der Waals surface area contributed by atoms with Crippen LogP contribution in [0.1, 0.15) is 22.4 Å². The first kappa shape index (κ1) is 20.7. The zero-order chi connectivity index (χ0) is 21.8. The van der Waals surface area contributed by atoms with Gasteiger partial charge < -0.3 is 10.1 Å². The Morgan fingerprint density at radius 2 is 2.03 bits per heavy atom. The minimum atomic E-state index is -0.196. The van der Waals surface area contributed by atoms with Crippen molar-refractivity contribution < 1.29 is 9.53 Å². The Labute approximate surface area is 183 Å². The number of anilines is 1. The fourth-order valence-corrected chi connectivity index (χ4v) is 4.19. The van der Waals surface area contributed by atoms with Gasteiger partial charge in [0.05, 0.1) is 24.3 Å². The standard InChI is InChI=1S/C23H22N4O3S/c1-15-5-3-8-19-21(15)25-14-27(22(19)29)10-9-20(28)26-23-24-13-18(31-23)12-16-6-4-7-17(11-16)30-2/h3-8,11,13-14H,9-10,12H2,1-2H3,(H,24,26,28). The van der Waals surface area contributed by atoms with E-state index in [4.69, 9.17) is 4.74 Å². The van der Waals surface area contributed by atoms with E-state index in [1.54, 1.807) is 19.4 Å². The van der Waals surface area contributed by atoms with Gasteiger partial charge in [-0.3, -0.25) is 14.2 Å². The summed E-state index contributed by atoms with van der Waals surface area (Å²) >= 11 is 1.43. The first-order chi connectivity index (χ1) is 15.0. The number of aryl methyl sites for hydroxylation is 2. The number of hydrogen-bond acceptors (Lipinski definition) is 6. The molecule has 0 saturated carbocycles. The molecule has 0 spiro atoms. The van der Waals surface area contributed by atoms with Crippen molar-refractivity contribution in [3.63, 3.8) is 0 Å². The van der Waals surface area contributed by atoms with Gasteiger partial charge in [0.25, 0.3) is 5.56 Å². The molecule has 1 N–H and O–H groups in total. The van der Waals surface area contributed by atoms with Crippen LogP contribution in [0.3, 0.4) is 0 Å². The van der Waals surface area contributed by atoms with Gasteiger partial charge in [0, 0.05) is 30.5 Å². The van der Waals surface area contributed by atoms with E-state index in [1.807, 2.05) is 43.3 Å². The van der Waals surface area contributed by atoms with E-state index in [0.717, 1.165) is 21.8 Å². The fourth-order valence-electron chi connectivity index (χ4n) is 3.33. The Bertz CT molecular complexity index is 1300. The summed E-state index contributed by atoms with van der Waals surface area (Å²) in [7, 11) is 1.64. The largest absolute Gasteiger partial charge is 0.497 e. The highest BCUT2D eigenvalue weighted by molar-refractivity contribution is 7.15. The van der Waals surface area contributed by atoms with Crippen molar-refractivity contribution in [1.29, 1.82) is 0 Å². The van der Waals surface area contributed by atoms with Crippen LogP contribution in [0.5, 0.6) is 5.75 Å². The smallest absolute Gasteiger partial charge is 0.261 e. The summed E-state index contributed by atoms with van der Waals surface area (Å²) in [6, 6.07) is 13.4. The predicted molar refractivity (Wildman–Crippen MR) is 122 cm³/mol. The molecule has 0 unspecified atom stereocenters. The van der Waals surface area contributed by atoms with Gasteiger partial charge in [-0.1, -0.05) is 24.3 Å². The lowest BCUT2D eigenvalue weighted by atomic mass is 10.1. The molecular formula is C23H22N4O3S. The van der Waals surface area contributed by atoms with Crippen LogP contribution in [-0.2, 0) is 17.8 Å². The molecule has 0 aliphatic heterocycles. The molecule has 0 atom stereocenters. The highest BCUT2D eigenvalue weighted by Crippen LogP contribution is 2.23. The zero-order valence-corrected chi connectivity index (χ0v) is 18.1. The van der Waals surface area contributed by atoms with Crippen molar-refractivity contribution in [2.45, 2.75) is 26.3 Å². The normalized spacial score (nSPS) is 10.9. The van der Waals surface area contributed by atoms with Gasteiger partial charge in [0.2, 0.25) is 5.91 Å². The van der Waals surface area contributed by atoms with E-state index >= 15 is 0 Å². The number of carbonyl (C=O) groups is 1. The Morgan fingerprint density at radius 3 is 2.87 bits per heavy atom. The van der Waals surface area contributed by atoms with Gasteiger partial charge >= 0.3 is 0 Å². The molecule has 0 fully saturated rings. The first-order valence-electron chi connectivity index (χ1n) is 9.86. The SMILES string of the molecule is COc1cccc(Cc2cnc(NC(=O)CCn3cnc4c(C)cccc4c3=O)s2)c1. The minimum Gasteiger partial charge on any atom is -0.497 e. The molecule has 0 aliphatic carbocycles. The highest BCUT2D eigenvalue weighted by Gasteiger charge is 2.10. The number of aromatic nitrogens is 3. The molecule has 0 aliphatic rings. The van der Waals surface area contributed by atoms with E-state index in [1.165, 1.54) is 22.2 Å². The Hall–Kier alpha value is -3.52. The van der Waals surface area contributed by atoms with Gasteiger partial charge in [0.15, 0.2) is 5.13 Å². The van der Waals surface area contributed by atoms with Crippen molar-refractivity contribution in [2.24, 2.45) is 0 Å². The summed E-state index contributed by atoms with van der Waals surface area (Å²) in [5.41, 5.74) is 2.61. The summed E-state index contributed by atoms with van der Waals surface area (Å²) in [4.78, 5) is 34.7. The summed E-state index contributed by atoms with van der Waals surface area (Å²) in [6.07, 6.45) is 4.13. The number of ether oxygens (including phenoxy) is 1. The van der Waals surface area contributed by atoms with Crippen molar-refractivity contribution in [3.8, 4) is 5.75 Å². The molecule has 0 saturated heterocycles. The van der Waals surface area contributed by atoms with Crippen LogP contribution in [0.2, 0.25) is 0 Å². The lowest BCUT2D eigenvalue weighted by Gasteiger charge is -2.07. The number of nitrogens with zero attached hydrogens (tertiary/aromatic N) is 3. The van der Waals surface area contributed by atoms with Gasteiger partial charge in [-0.05, 0) is 36.2 Å². The number of rotatable bonds is 7. The number of methoxy groups -OCH3 is 1. The zero-order valence-electron chi connectivity index (χ0n) is 17.3. The summed E-state index contributed by atoms with van der Waals surface area (Å²) in [5.74, 6) is 0.614. The van der Waals surface area contributed by atoms with Crippen LogP contribution in [0, 0.1) is 6.92 Å². The molecule has 7 nitrogen and oxygen atoms in total. The third-order valence-corrected chi connectivity index (χ3v) is 5.86. The average molecular weight is 435 g/mol. The average Bonchev–Trinajstić information content (AvgIpc) is 3.20. The van der Waals surface area contributed by atoms with E-state index in [-0.39, 0.29) is 24.4 Å². The highest BCUT2D eigenvalue weighted by atomic mass is 32.1. The summed E-state index contributed by atoms with van der Waals surface area (Å²) < 4.78 is 6.72. The molecule has 158 valence electrons. The third-order valence-electron chi connectivity index (χ3n) is 4.95. The molecule has 2 aromatic heterocycles. The van der Waals surface area contributed by atoms with Crippen molar-refractivity contribution in [3.05, 3.63) is 81.3 Å². The van der Waals surface area contributed by atoms with E-state index in [9.17, 15) is 9.59 Å². The number of thiazole rings is 1. The number of hydrogen-bond donors (Lipinski definition) is 1. The lowest BCUT2D eigenvalue weighted by molar-refractivity contribution is -0.116. The molecule has 2 heterocycles. The van der Waals surface area contributed by atoms with Crippen LogP contribution in [0.15, 0.2) is 59.8 Å². The molecule has 4 aromatic rings. The fraction of sp³-hybridized carbons (Fsp3) is 0.217. The number of para-hydroxylation sites is 1. The van der Waals surface area contributed by atoms with E-state index in [0.29, 0.717) is 22.5 Å². The van der Waals surface area contributed by atoms with Crippen LogP contribution < -0.4 is 15.6 Å². The molecule has 2 aromatic carbocycles. The van der Waals surface area contributed by atoms with Crippen LogP contribution in [-0.4, -0.2) is 27.6 Å². The number of amides is 1. The first-order valence-corrected chi connectivity index (χ1v) is 10.7. The molecule has 1 amide bonds. The van der Waals surface area contributed by atoms with Gasteiger partial charge in [-0.2, -0.15) is 0 Å². The maximum absolute atomic E-state index is 12.6. The molecule has 31 heavy (non-hydrogen) atoms. The summed E-state index contributed by atoms with van der Waals surface area (Å²) in [5, 5.41) is 3.92. The second kappa shape index (κ2) is 9.09. The van der Waals surface area contributed by atoms with Crippen molar-refractivity contribution in [2.75, 3.05) is 12.4 Å². The lowest BCUT2D eigenvalue weighted by Crippen LogP contribution is -2.23. The van der Waals surface area contributed by atoms with Crippen LogP contribution in [0.4, 0.5) is 5.13 Å². The Balaban J connectivity index is 1.37. The quantitative estimate of drug-likeness (QED) is 0.478. The molecule has 0 bridgehead atoms. The number of fused-ring (bicyclic) bond motifs is 1. The topological polar surface area (TPSA) is 86.1 Å². The predicted octanol–water partition coefficient (Wildman–Crippen LogP) is 3.79. The second-order valence-electron chi connectivity index (χ2n) is 7.17. The number of carbonyl (C=O) groups excluding carboxylic acids is 1. The number of nitrogens with one attached hydrogen (secondary N) is 1. The second-order valence-corrected chi connectivity index (χ2v) is 8.29. The molecule has 0 radical (unpaired) electrons. The maximum atomic E-state index is 12.6. The monoisotopic (exact) mass is 434 g/mol. The minimum absolute atomic E-state index is 0.142. The van der Waals surface area contributed by atoms with Gasteiger partial charge in [-0.15, -0.1) is 11.3 Å². The van der Waals surface area contributed by atoms with Crippen molar-refractivity contribution >= 4 is 33.3 Å². The Kier molecular flexibility index (Phi) is 6.08. The number of benzene rings is 2. The van der Waals surface area contributed by atoms with E-state index < -0.39 is 0 Å². The van der Waals surface area contributed by atoms with Crippen molar-refractivity contribution in [1.82, 2.24) is 14.5 Å². The van der Waals surface area contributed by atoms with Gasteiger partial charge in [-0.25, -0.2) is 9.97 Å². The molecule has 4 rings (SSSR count). The maximum Gasteiger partial charge on any atom is 0.261 e. The van der Waals surface area contributed by atoms with E-state index in [2.05, 4.69) is 15.3 Å². The third kappa shape index (κ3) is 4.80. The van der Waals surface area contributed by atoms with Crippen LogP contribution in [0.25, 0.3) is 10.9 Å². The molecular weight excluding hydrogens is 412 g/mol. The van der Waals surface area contributed by atoms with Crippen LogP contribution >= 0.6 is 11.3 Å². The van der Waals surface area contributed by atoms with Gasteiger partial charge in [0.1, 0.15) is 5.75 Å². The summed E-state index contributed by atoms with van der Waals surface area (Å²) in [6.45, 7) is 2.17.